The van der Waals surface area contributed by atoms with Gasteiger partial charge in [-0.3, -0.25) is 62.5 Å². The van der Waals surface area contributed by atoms with Crippen LogP contribution < -0.4 is 16.4 Å². The molecule has 4 N–H and O–H groups in total. The molecule has 25 heteroatoms. The van der Waals surface area contributed by atoms with E-state index in [-0.39, 0.29) is 68.8 Å². The SMILES string of the molecule is CC[C@@H]1NC(=O)[C@@H]2[C@@H]([C@H](C)CCCCN)ON2C(=O)[C@H](C(C)C)N(C)C(=O)[C@H](CC(C)C)N(C)C(=O)[C@H](CC(C)C)N(C)C(=O)[C@@H](C)NC(=O)[C@H](C)CC(=O)[C@H](CC(C)C)N(C)C(=O)[C@H](C(C)C)CC(=O)[C@H]([C@@H](C)OCCCCN2CCOCC2)N(C)C(=O)[C@@H](C)N(C)C1=O. The second-order valence-electron chi connectivity index (χ2n) is 29.4. The summed E-state index contributed by atoms with van der Waals surface area (Å²) in [6.45, 7) is 32.9. The Hall–Kier alpha value is -5.63. The van der Waals surface area contributed by atoms with Crippen LogP contribution in [0.5, 0.6) is 0 Å². The number of carbonyl (C=O) groups is 11. The summed E-state index contributed by atoms with van der Waals surface area (Å²) >= 11 is 0. The summed E-state index contributed by atoms with van der Waals surface area (Å²) in [5.74, 6) is -10.0. The standard InChI is InChI=1S/C70H125N11O14/c1-23-52-67(89)74(17)49(15)65(87)79(22)59(50(16)94-33-27-26-30-80-31-34-93-35-32-80)57(83)40-51(44(8)9)66(88)75(18)53(36-41(2)3)56(82)39-47(13)62(84)72-48(14)64(86)76(19)54(37-42(4)5)68(90)77(20)55(38-43(6)7)69(91)78(21)58(45(10)11)70(92)81-60(63(85)73-52)61(95-81)46(12)28-24-25-29-71/h41-55,58-61H,23-40,71H2,1-22H3,(H,72,84)(H,73,85)/t46-,47-,48-,49-,50-,51+,52+,53+,54+,55+,58+,59+,60+,61-/m1/s1. The maximum Gasteiger partial charge on any atom is 0.270 e. The fourth-order valence-electron chi connectivity index (χ4n) is 13.3. The molecule has 14 atom stereocenters. The fraction of sp³-hybridized carbons (Fsp3) is 0.843. The lowest BCUT2D eigenvalue weighted by molar-refractivity contribution is -0.322. The third-order valence-corrected chi connectivity index (χ3v) is 19.5. The van der Waals surface area contributed by atoms with Gasteiger partial charge in [-0.1, -0.05) is 96.4 Å². The number of unbranched alkanes of at least 4 members (excludes halogenated alkanes) is 2. The number of Topliss-reactive ketones (excluding diaryl/α,β-unsaturated/α-hetero) is 2. The summed E-state index contributed by atoms with van der Waals surface area (Å²) in [5.41, 5.74) is 5.87. The summed E-state index contributed by atoms with van der Waals surface area (Å²) in [6.07, 6.45) is 1.69. The van der Waals surface area contributed by atoms with Gasteiger partial charge in [0, 0.05) is 86.7 Å². The first-order valence-corrected chi connectivity index (χ1v) is 35.3. The van der Waals surface area contributed by atoms with Crippen LogP contribution in [0.2, 0.25) is 0 Å². The maximum atomic E-state index is 15.2. The summed E-state index contributed by atoms with van der Waals surface area (Å²) in [7, 11) is 8.85. The number of ketones is 2. The van der Waals surface area contributed by atoms with E-state index in [1.807, 2.05) is 48.5 Å². The van der Waals surface area contributed by atoms with Crippen molar-refractivity contribution in [2.45, 2.75) is 248 Å². The molecule has 95 heavy (non-hydrogen) atoms. The Balaban J connectivity index is 2.28. The first-order chi connectivity index (χ1) is 44.4. The summed E-state index contributed by atoms with van der Waals surface area (Å²) < 4.78 is 11.9. The Labute approximate surface area is 568 Å². The van der Waals surface area contributed by atoms with Gasteiger partial charge < -0.3 is 55.2 Å². The Morgan fingerprint density at radius 1 is 0.537 bits per heavy atom. The number of carbonyl (C=O) groups excluding carboxylic acids is 11. The van der Waals surface area contributed by atoms with E-state index < -0.39 is 155 Å². The number of rotatable bonds is 21. The van der Waals surface area contributed by atoms with Gasteiger partial charge in [-0.25, -0.2) is 5.06 Å². The highest BCUT2D eigenvalue weighted by atomic mass is 16.7. The molecule has 3 aliphatic rings. The molecule has 0 saturated carbocycles. The van der Waals surface area contributed by atoms with Gasteiger partial charge in [0.25, 0.3) is 5.91 Å². The van der Waals surface area contributed by atoms with Gasteiger partial charge in [0.1, 0.15) is 48.4 Å². The van der Waals surface area contributed by atoms with Crippen molar-refractivity contribution in [3.05, 3.63) is 0 Å². The van der Waals surface area contributed by atoms with Gasteiger partial charge >= 0.3 is 0 Å². The number of nitrogens with one attached hydrogen (secondary N) is 2. The molecule has 3 saturated heterocycles. The van der Waals surface area contributed by atoms with Gasteiger partial charge in [-0.2, -0.15) is 0 Å². The van der Waals surface area contributed by atoms with Crippen LogP contribution in [0.1, 0.15) is 181 Å². The molecule has 0 bridgehead atoms. The van der Waals surface area contributed by atoms with Gasteiger partial charge in [-0.15, -0.1) is 0 Å². The molecular formula is C70H125N11O14. The zero-order valence-electron chi connectivity index (χ0n) is 62.1. The Kier molecular flexibility index (Phi) is 34.4. The lowest BCUT2D eigenvalue weighted by atomic mass is 9.85. The lowest BCUT2D eigenvalue weighted by Gasteiger charge is -2.50. The number of ether oxygens (including phenoxy) is 2. The minimum Gasteiger partial charge on any atom is -0.379 e. The fourth-order valence-corrected chi connectivity index (χ4v) is 13.3. The van der Waals surface area contributed by atoms with Crippen molar-refractivity contribution in [2.75, 3.05) is 88.3 Å². The van der Waals surface area contributed by atoms with Crippen LogP contribution in [0.15, 0.2) is 0 Å². The molecule has 0 unspecified atom stereocenters. The monoisotopic (exact) mass is 1340 g/mol. The maximum absolute atomic E-state index is 15.2. The number of likely N-dealkylation sites (N-methyl/N-ethyl adjacent to an activating group) is 6. The summed E-state index contributed by atoms with van der Waals surface area (Å²) in [5, 5.41) is 6.63. The predicted octanol–water partition coefficient (Wildman–Crippen LogP) is 4.80. The second-order valence-corrected chi connectivity index (χ2v) is 29.4. The van der Waals surface area contributed by atoms with E-state index in [9.17, 15) is 28.8 Å². The normalized spacial score (nSPS) is 28.5. The van der Waals surface area contributed by atoms with E-state index in [4.69, 9.17) is 20.0 Å². The first-order valence-electron chi connectivity index (χ1n) is 35.3. The molecule has 0 aromatic rings. The van der Waals surface area contributed by atoms with Crippen LogP contribution in [-0.2, 0) is 67.1 Å². The average molecular weight is 1340 g/mol. The number of hydroxylamine groups is 2. The molecular weight excluding hydrogens is 1220 g/mol. The van der Waals surface area contributed by atoms with Gasteiger partial charge in [0.15, 0.2) is 17.6 Å². The number of morpholine rings is 1. The van der Waals surface area contributed by atoms with Gasteiger partial charge in [0.2, 0.25) is 47.3 Å². The van der Waals surface area contributed by atoms with E-state index in [1.165, 1.54) is 85.5 Å². The molecule has 3 fully saturated rings. The largest absolute Gasteiger partial charge is 0.379 e. The quantitative estimate of drug-likeness (QED) is 0.130. The number of nitrogens with zero attached hydrogens (tertiary/aromatic N) is 8. The van der Waals surface area contributed by atoms with Crippen molar-refractivity contribution in [1.29, 1.82) is 0 Å². The van der Waals surface area contributed by atoms with Crippen LogP contribution in [0, 0.1) is 47.3 Å². The highest BCUT2D eigenvalue weighted by molar-refractivity contribution is 6.00. The lowest BCUT2D eigenvalue weighted by Crippen LogP contribution is -2.72. The number of fused-ring (bicyclic) bond motifs is 1. The molecule has 25 nitrogen and oxygen atoms in total. The van der Waals surface area contributed by atoms with E-state index in [0.29, 0.717) is 45.4 Å². The van der Waals surface area contributed by atoms with Crippen molar-refractivity contribution in [3.8, 4) is 0 Å². The van der Waals surface area contributed by atoms with Crippen LogP contribution in [0.25, 0.3) is 0 Å². The zero-order chi connectivity index (χ0) is 72.2. The van der Waals surface area contributed by atoms with Crippen molar-refractivity contribution in [3.63, 3.8) is 0 Å². The highest BCUT2D eigenvalue weighted by Crippen LogP contribution is 2.35. The number of hydrogen-bond donors (Lipinski definition) is 3. The van der Waals surface area contributed by atoms with E-state index in [1.54, 1.807) is 48.5 Å². The molecule has 0 aliphatic carbocycles. The third-order valence-electron chi connectivity index (χ3n) is 19.5. The summed E-state index contributed by atoms with van der Waals surface area (Å²) in [4.78, 5) is 180. The molecule has 3 heterocycles. The van der Waals surface area contributed by atoms with Gasteiger partial charge in [-0.05, 0) is 121 Å². The van der Waals surface area contributed by atoms with Crippen LogP contribution in [0.3, 0.4) is 0 Å². The Morgan fingerprint density at radius 3 is 1.59 bits per heavy atom. The molecule has 544 valence electrons. The van der Waals surface area contributed by atoms with Crippen molar-refractivity contribution in [2.24, 2.45) is 53.1 Å². The second kappa shape index (κ2) is 39.1. The number of hydrogen-bond acceptors (Lipinski definition) is 16. The third kappa shape index (κ3) is 23.0. The smallest absolute Gasteiger partial charge is 0.270 e. The molecule has 3 rings (SSSR count). The van der Waals surface area contributed by atoms with Crippen molar-refractivity contribution >= 4 is 64.7 Å². The first kappa shape index (κ1) is 83.6. The number of amides is 9. The topological polar surface area (TPSA) is 291 Å². The Morgan fingerprint density at radius 2 is 1.06 bits per heavy atom. The Bertz CT molecular complexity index is 2560. The molecule has 3 aliphatic heterocycles. The molecule has 0 aromatic heterocycles. The van der Waals surface area contributed by atoms with Crippen LogP contribution in [-0.4, -0.2) is 259 Å². The average Bonchev–Trinajstić information content (AvgIpc) is 0.756. The van der Waals surface area contributed by atoms with Crippen LogP contribution >= 0.6 is 0 Å². The summed E-state index contributed by atoms with van der Waals surface area (Å²) in [6, 6.07) is -10.6. The molecule has 9 amide bonds. The molecule has 0 spiro atoms. The minimum atomic E-state index is -1.28. The highest BCUT2D eigenvalue weighted by Gasteiger charge is 2.55. The van der Waals surface area contributed by atoms with Crippen molar-refractivity contribution in [1.82, 2.24) is 50.0 Å². The van der Waals surface area contributed by atoms with E-state index in [0.717, 1.165) is 31.1 Å². The van der Waals surface area contributed by atoms with Gasteiger partial charge in [0.05, 0.1) is 25.4 Å². The number of nitrogens with two attached hydrogens (primary N) is 1. The minimum absolute atomic E-state index is 0.0640. The molecule has 0 aromatic carbocycles. The molecule has 0 radical (unpaired) electrons. The zero-order valence-corrected chi connectivity index (χ0v) is 62.1. The van der Waals surface area contributed by atoms with E-state index >= 15 is 24.0 Å². The van der Waals surface area contributed by atoms with Crippen LogP contribution in [0.4, 0.5) is 0 Å². The predicted molar refractivity (Wildman–Crippen MR) is 364 cm³/mol. The van der Waals surface area contributed by atoms with E-state index in [2.05, 4.69) is 15.5 Å². The van der Waals surface area contributed by atoms with Crippen molar-refractivity contribution < 1.29 is 67.1 Å².